The molecule has 50 heavy (non-hydrogen) atoms. The van der Waals surface area contributed by atoms with Crippen molar-refractivity contribution in [2.45, 2.75) is 76.6 Å². The summed E-state index contributed by atoms with van der Waals surface area (Å²) in [5.41, 5.74) is 11.9. The minimum Gasteiger partial charge on any atom is -0.397 e. The van der Waals surface area contributed by atoms with Crippen LogP contribution in [0.2, 0.25) is 0 Å². The normalized spacial score (nSPS) is 17.4. The molecule has 3 atom stereocenters. The van der Waals surface area contributed by atoms with Gasteiger partial charge in [0.05, 0.1) is 30.2 Å². The highest BCUT2D eigenvalue weighted by atomic mass is 16.7. The fourth-order valence-electron chi connectivity index (χ4n) is 5.98. The molecule has 1 aliphatic heterocycles. The summed E-state index contributed by atoms with van der Waals surface area (Å²) >= 11 is 0. The average Bonchev–Trinajstić information content (AvgIpc) is 3.14. The number of likely N-dealkylation sites (N-methyl/N-ethyl adjacent to an activating group) is 1. The first kappa shape index (κ1) is 36.7. The number of aliphatic hydroxyl groups is 1. The zero-order valence-electron chi connectivity index (χ0n) is 28.8. The van der Waals surface area contributed by atoms with Crippen molar-refractivity contribution < 1.29 is 24.2 Å². The summed E-state index contributed by atoms with van der Waals surface area (Å²) in [7, 11) is 2.10. The number of nitrogen functional groups attached to an aromatic ring is 1. The van der Waals surface area contributed by atoms with Crippen LogP contribution in [-0.4, -0.2) is 53.0 Å². The summed E-state index contributed by atoms with van der Waals surface area (Å²) in [6.07, 6.45) is 5.64. The molecule has 2 heterocycles. The van der Waals surface area contributed by atoms with E-state index in [1.807, 2.05) is 85.1 Å². The van der Waals surface area contributed by atoms with Gasteiger partial charge in [0.1, 0.15) is 0 Å². The van der Waals surface area contributed by atoms with Crippen LogP contribution in [0.25, 0.3) is 0 Å². The maximum absolute atomic E-state index is 12.5. The van der Waals surface area contributed by atoms with Crippen LogP contribution in [0.3, 0.4) is 0 Å². The van der Waals surface area contributed by atoms with E-state index in [4.69, 9.17) is 15.2 Å². The van der Waals surface area contributed by atoms with E-state index in [1.165, 1.54) is 0 Å². The number of nitrogens with one attached hydrogen (secondary N) is 2. The molecule has 0 saturated carbocycles. The first-order chi connectivity index (χ1) is 24.4. The number of pyridine rings is 1. The van der Waals surface area contributed by atoms with Crippen molar-refractivity contribution in [1.82, 2.24) is 15.2 Å². The van der Waals surface area contributed by atoms with E-state index in [9.17, 15) is 14.7 Å². The number of ether oxygens (including phenoxy) is 2. The molecule has 10 nitrogen and oxygen atoms in total. The van der Waals surface area contributed by atoms with Crippen LogP contribution in [0.4, 0.5) is 11.4 Å². The molecule has 0 spiro atoms. The highest BCUT2D eigenvalue weighted by Crippen LogP contribution is 2.38. The predicted molar refractivity (Wildman–Crippen MR) is 195 cm³/mol. The van der Waals surface area contributed by atoms with Gasteiger partial charge in [-0.05, 0) is 60.8 Å². The van der Waals surface area contributed by atoms with Crippen LogP contribution < -0.4 is 16.4 Å². The minimum absolute atomic E-state index is 0.000239. The number of aromatic nitrogens is 1. The van der Waals surface area contributed by atoms with Gasteiger partial charge in [0.2, 0.25) is 11.8 Å². The molecule has 0 bridgehead atoms. The maximum Gasteiger partial charge on any atom is 0.224 e. The van der Waals surface area contributed by atoms with Crippen molar-refractivity contribution >= 4 is 23.2 Å². The van der Waals surface area contributed by atoms with E-state index in [1.54, 1.807) is 12.1 Å². The number of benzene rings is 3. The van der Waals surface area contributed by atoms with Crippen molar-refractivity contribution in [3.63, 3.8) is 0 Å². The molecule has 2 amide bonds. The van der Waals surface area contributed by atoms with Crippen molar-refractivity contribution in [3.05, 3.63) is 125 Å². The minimum atomic E-state index is -0.545. The summed E-state index contributed by atoms with van der Waals surface area (Å²) in [6, 6.07) is 29.1. The number of rotatable bonds is 17. The van der Waals surface area contributed by atoms with Gasteiger partial charge in [-0.2, -0.15) is 0 Å². The van der Waals surface area contributed by atoms with Crippen molar-refractivity contribution in [2.24, 2.45) is 0 Å². The van der Waals surface area contributed by atoms with E-state index < -0.39 is 6.29 Å². The molecule has 0 unspecified atom stereocenters. The van der Waals surface area contributed by atoms with E-state index in [-0.39, 0.29) is 30.6 Å². The Balaban J connectivity index is 1.08. The van der Waals surface area contributed by atoms with Crippen molar-refractivity contribution in [1.29, 1.82) is 0 Å². The molecule has 5 N–H and O–H groups in total. The van der Waals surface area contributed by atoms with Crippen LogP contribution in [0.15, 0.2) is 97.2 Å². The molecule has 1 aliphatic rings. The number of unbranched alkanes of at least 4 members (excludes halogenated alkanes) is 2. The molecule has 10 heteroatoms. The number of para-hydroxylation sites is 2. The molecule has 1 aromatic heterocycles. The lowest BCUT2D eigenvalue weighted by atomic mass is 9.99. The lowest BCUT2D eigenvalue weighted by Crippen LogP contribution is -2.38. The molecule has 5 rings (SSSR count). The maximum atomic E-state index is 12.5. The number of nitrogens with zero attached hydrogens (tertiary/aromatic N) is 2. The van der Waals surface area contributed by atoms with E-state index in [2.05, 4.69) is 27.6 Å². The third-order valence-corrected chi connectivity index (χ3v) is 8.89. The largest absolute Gasteiger partial charge is 0.397 e. The zero-order valence-corrected chi connectivity index (χ0v) is 28.8. The van der Waals surface area contributed by atoms with Gasteiger partial charge < -0.3 is 35.8 Å². The lowest BCUT2D eigenvalue weighted by Gasteiger charge is -2.38. The van der Waals surface area contributed by atoms with Gasteiger partial charge in [-0.25, -0.2) is 0 Å². The Morgan fingerprint density at radius 3 is 2.28 bits per heavy atom. The first-order valence-electron chi connectivity index (χ1n) is 17.4. The molecule has 0 aliphatic carbocycles. The monoisotopic (exact) mass is 679 g/mol. The Kier molecular flexibility index (Phi) is 13.9. The van der Waals surface area contributed by atoms with Gasteiger partial charge in [0.15, 0.2) is 6.29 Å². The van der Waals surface area contributed by atoms with Crippen molar-refractivity contribution in [3.8, 4) is 0 Å². The van der Waals surface area contributed by atoms with E-state index >= 15 is 0 Å². The van der Waals surface area contributed by atoms with Gasteiger partial charge in [-0.15, -0.1) is 0 Å². The quantitative estimate of drug-likeness (QED) is 0.0778. The molecule has 264 valence electrons. The van der Waals surface area contributed by atoms with Gasteiger partial charge >= 0.3 is 0 Å². The second kappa shape index (κ2) is 19.0. The number of nitrogens with two attached hydrogens (primary N) is 1. The average molecular weight is 680 g/mol. The number of carbonyl (C=O) groups excluding carboxylic acids is 2. The molecule has 3 aromatic carbocycles. The first-order valence-corrected chi connectivity index (χ1v) is 17.4. The van der Waals surface area contributed by atoms with Gasteiger partial charge in [-0.3, -0.25) is 14.6 Å². The fourth-order valence-corrected chi connectivity index (χ4v) is 5.98. The lowest BCUT2D eigenvalue weighted by molar-refractivity contribution is -0.252. The number of hydrogen-bond acceptors (Lipinski definition) is 8. The van der Waals surface area contributed by atoms with Crippen molar-refractivity contribution in [2.75, 3.05) is 31.2 Å². The van der Waals surface area contributed by atoms with Crippen LogP contribution in [0.5, 0.6) is 0 Å². The molecule has 0 radical (unpaired) electrons. The molecule has 1 fully saturated rings. The van der Waals surface area contributed by atoms with Gasteiger partial charge in [-0.1, -0.05) is 73.2 Å². The molecule has 4 aromatic rings. The summed E-state index contributed by atoms with van der Waals surface area (Å²) in [4.78, 5) is 31.4. The van der Waals surface area contributed by atoms with Gasteiger partial charge in [0, 0.05) is 62.8 Å². The van der Waals surface area contributed by atoms with E-state index in [0.29, 0.717) is 50.0 Å². The van der Waals surface area contributed by atoms with Gasteiger partial charge in [0.25, 0.3) is 0 Å². The third-order valence-electron chi connectivity index (χ3n) is 8.89. The Hall–Kier alpha value is -4.61. The molecule has 1 saturated heterocycles. The second-order valence-electron chi connectivity index (χ2n) is 12.9. The fraction of sp³-hybridized carbons (Fsp3) is 0.375. The summed E-state index contributed by atoms with van der Waals surface area (Å²) < 4.78 is 13.0. The predicted octanol–water partition coefficient (Wildman–Crippen LogP) is 6.08. The Morgan fingerprint density at radius 2 is 1.56 bits per heavy atom. The van der Waals surface area contributed by atoms with Crippen LogP contribution >= 0.6 is 0 Å². The Morgan fingerprint density at radius 1 is 0.860 bits per heavy atom. The SMILES string of the molecule is CN(CCc1ccccn1)C[C@@H]1C[C@H](c2ccc(CO)cc2)O[C@H](c2ccc(CNC(=O)CCCCCC(=O)Nc3ccccc3N)cc2)O1. The van der Waals surface area contributed by atoms with Crippen LogP contribution in [0.1, 0.15) is 78.9 Å². The highest BCUT2D eigenvalue weighted by Gasteiger charge is 2.32. The standard InChI is InChI=1S/C40H49N5O5/c1-45(24-22-33-9-7-8-23-42-33)27-34-25-37(31-18-16-30(28-46)17-19-31)50-40(49-34)32-20-14-29(15-21-32)26-43-38(47)12-3-2-4-13-39(48)44-36-11-6-5-10-35(36)41/h5-11,14-21,23,34,37,40,46H,2-4,12-13,22,24-28,41H2,1H3,(H,43,47)(H,44,48)/t34-,37+,40+/m0/s1. The summed E-state index contributed by atoms with van der Waals surface area (Å²) in [5, 5.41) is 15.4. The van der Waals surface area contributed by atoms with Crippen LogP contribution in [0, 0.1) is 0 Å². The Labute approximate surface area is 295 Å². The van der Waals surface area contributed by atoms with Crippen LogP contribution in [-0.2, 0) is 38.6 Å². The second-order valence-corrected chi connectivity index (χ2v) is 12.9. The third kappa shape index (κ3) is 11.5. The number of hydrogen-bond donors (Lipinski definition) is 4. The Bertz CT molecular complexity index is 1630. The number of amides is 2. The summed E-state index contributed by atoms with van der Waals surface area (Å²) in [5.74, 6) is -0.0916. The molecular weight excluding hydrogens is 630 g/mol. The smallest absolute Gasteiger partial charge is 0.224 e. The number of anilines is 2. The zero-order chi connectivity index (χ0) is 35.1. The molecular formula is C40H49N5O5. The highest BCUT2D eigenvalue weighted by molar-refractivity contribution is 5.93. The topological polar surface area (TPSA) is 139 Å². The number of aliphatic hydroxyl groups excluding tert-OH is 1. The van der Waals surface area contributed by atoms with E-state index in [0.717, 1.165) is 53.9 Å². The summed E-state index contributed by atoms with van der Waals surface area (Å²) in [6.45, 7) is 2.04. The number of carbonyl (C=O) groups is 2.